The van der Waals surface area contributed by atoms with Gasteiger partial charge >= 0.3 is 12.1 Å². The highest BCUT2D eigenvalue weighted by atomic mass is 19.4. The lowest BCUT2D eigenvalue weighted by Crippen LogP contribution is -2.49. The van der Waals surface area contributed by atoms with Crippen molar-refractivity contribution in [3.05, 3.63) is 35.4 Å². The Labute approximate surface area is 136 Å². The smallest absolute Gasteiger partial charge is 0.416 e. The fourth-order valence-electron chi connectivity index (χ4n) is 2.99. The molecule has 2 aliphatic rings. The Morgan fingerprint density at radius 2 is 1.88 bits per heavy atom. The van der Waals surface area contributed by atoms with Crippen LogP contribution in [0.25, 0.3) is 0 Å². The Morgan fingerprint density at radius 3 is 2.46 bits per heavy atom. The van der Waals surface area contributed by atoms with Crippen LogP contribution >= 0.6 is 0 Å². The second-order valence-electron chi connectivity index (χ2n) is 6.05. The third-order valence-corrected chi connectivity index (χ3v) is 4.43. The van der Waals surface area contributed by atoms with E-state index in [2.05, 4.69) is 0 Å². The van der Waals surface area contributed by atoms with E-state index in [1.165, 1.54) is 17.0 Å². The number of carbonyl (C=O) groups is 2. The lowest BCUT2D eigenvalue weighted by molar-refractivity contribution is -0.159. The summed E-state index contributed by atoms with van der Waals surface area (Å²) in [5, 5.41) is 8.96. The molecule has 1 saturated heterocycles. The van der Waals surface area contributed by atoms with Gasteiger partial charge in [-0.1, -0.05) is 12.1 Å². The number of hydrogen-bond acceptors (Lipinski definition) is 3. The summed E-state index contributed by atoms with van der Waals surface area (Å²) in [6.07, 6.45) is -4.83. The number of halogens is 3. The van der Waals surface area contributed by atoms with Crippen molar-refractivity contribution in [2.45, 2.75) is 24.6 Å². The van der Waals surface area contributed by atoms with Crippen molar-refractivity contribution in [2.24, 2.45) is 5.92 Å². The molecule has 1 saturated carbocycles. The van der Waals surface area contributed by atoms with E-state index in [9.17, 15) is 22.8 Å². The van der Waals surface area contributed by atoms with Crippen molar-refractivity contribution in [3.8, 4) is 0 Å². The molecule has 1 aromatic rings. The molecule has 24 heavy (non-hydrogen) atoms. The summed E-state index contributed by atoms with van der Waals surface area (Å²) in [7, 11) is 0. The number of hydrogen-bond donors (Lipinski definition) is 1. The summed E-state index contributed by atoms with van der Waals surface area (Å²) in [6.45, 7) is 0.504. The molecule has 5 nitrogen and oxygen atoms in total. The van der Waals surface area contributed by atoms with Gasteiger partial charge in [0.2, 0.25) is 5.91 Å². The van der Waals surface area contributed by atoms with Gasteiger partial charge in [-0.15, -0.1) is 0 Å². The molecular formula is C16H16F3NO4. The Hall–Kier alpha value is -2.09. The number of carbonyl (C=O) groups excluding carboxylic acids is 1. The van der Waals surface area contributed by atoms with Gasteiger partial charge in [0.1, 0.15) is 0 Å². The molecule has 1 aromatic carbocycles. The highest BCUT2D eigenvalue weighted by Crippen LogP contribution is 2.49. The number of aliphatic carboxylic acids is 1. The number of nitrogens with zero attached hydrogens (tertiary/aromatic N) is 1. The first-order chi connectivity index (χ1) is 11.3. The molecule has 2 fully saturated rings. The van der Waals surface area contributed by atoms with Crippen LogP contribution in [-0.4, -0.2) is 47.7 Å². The molecule has 3 atom stereocenters. The second-order valence-corrected chi connectivity index (χ2v) is 6.05. The van der Waals surface area contributed by atoms with Gasteiger partial charge in [0.15, 0.2) is 6.10 Å². The molecule has 1 amide bonds. The number of amides is 1. The maximum absolute atomic E-state index is 12.6. The van der Waals surface area contributed by atoms with E-state index in [0.717, 1.165) is 12.1 Å². The van der Waals surface area contributed by atoms with E-state index in [1.807, 2.05) is 0 Å². The molecule has 1 aliphatic heterocycles. The monoisotopic (exact) mass is 343 g/mol. The average Bonchev–Trinajstić information content (AvgIpc) is 3.34. The highest BCUT2D eigenvalue weighted by molar-refractivity contribution is 5.84. The van der Waals surface area contributed by atoms with Crippen LogP contribution in [0.3, 0.4) is 0 Å². The van der Waals surface area contributed by atoms with Crippen LogP contribution in [0, 0.1) is 5.92 Å². The van der Waals surface area contributed by atoms with Crippen LogP contribution < -0.4 is 0 Å². The van der Waals surface area contributed by atoms with Gasteiger partial charge in [-0.2, -0.15) is 13.2 Å². The molecule has 8 heteroatoms. The fourth-order valence-corrected chi connectivity index (χ4v) is 2.99. The predicted molar refractivity (Wildman–Crippen MR) is 76.2 cm³/mol. The summed E-state index contributed by atoms with van der Waals surface area (Å²) in [6, 6.07) is 4.84. The average molecular weight is 343 g/mol. The number of morpholine rings is 1. The van der Waals surface area contributed by atoms with Crippen LogP contribution in [0.5, 0.6) is 0 Å². The summed E-state index contributed by atoms with van der Waals surface area (Å²) in [5.41, 5.74) is -0.0170. The molecule has 130 valence electrons. The van der Waals surface area contributed by atoms with Crippen molar-refractivity contribution < 1.29 is 32.6 Å². The van der Waals surface area contributed by atoms with E-state index in [4.69, 9.17) is 9.84 Å². The molecule has 0 aromatic heterocycles. The minimum Gasteiger partial charge on any atom is -0.479 e. The summed E-state index contributed by atoms with van der Waals surface area (Å²) in [4.78, 5) is 24.9. The summed E-state index contributed by atoms with van der Waals surface area (Å²) >= 11 is 0. The van der Waals surface area contributed by atoms with E-state index in [1.54, 1.807) is 0 Å². The van der Waals surface area contributed by atoms with Gasteiger partial charge in [0.05, 0.1) is 18.7 Å². The van der Waals surface area contributed by atoms with Gasteiger partial charge in [0.25, 0.3) is 0 Å². The van der Waals surface area contributed by atoms with Crippen LogP contribution in [0.15, 0.2) is 24.3 Å². The second kappa shape index (κ2) is 6.08. The van der Waals surface area contributed by atoms with Crippen molar-refractivity contribution in [2.75, 3.05) is 19.7 Å². The number of benzene rings is 1. The van der Waals surface area contributed by atoms with E-state index in [-0.39, 0.29) is 30.9 Å². The first-order valence-corrected chi connectivity index (χ1v) is 7.57. The van der Waals surface area contributed by atoms with Crippen molar-refractivity contribution >= 4 is 11.9 Å². The molecule has 1 heterocycles. The Balaban J connectivity index is 1.62. The Bertz CT molecular complexity index is 644. The van der Waals surface area contributed by atoms with Crippen molar-refractivity contribution in [3.63, 3.8) is 0 Å². The van der Waals surface area contributed by atoms with Crippen LogP contribution in [0.1, 0.15) is 23.5 Å². The molecule has 0 unspecified atom stereocenters. The van der Waals surface area contributed by atoms with Gasteiger partial charge in [-0.25, -0.2) is 4.79 Å². The molecule has 0 radical (unpaired) electrons. The fraction of sp³-hybridized carbons (Fsp3) is 0.500. The predicted octanol–water partition coefficient (Wildman–Crippen LogP) is 2.12. The number of carboxylic acid groups (broad SMARTS) is 1. The van der Waals surface area contributed by atoms with Gasteiger partial charge in [-0.3, -0.25) is 4.79 Å². The molecule has 0 spiro atoms. The third kappa shape index (κ3) is 3.38. The molecular weight excluding hydrogens is 327 g/mol. The van der Waals surface area contributed by atoms with E-state index in [0.29, 0.717) is 18.5 Å². The normalized spacial score (nSPS) is 27.0. The minimum absolute atomic E-state index is 0.00436. The highest BCUT2D eigenvalue weighted by Gasteiger charge is 2.47. The largest absolute Gasteiger partial charge is 0.479 e. The van der Waals surface area contributed by atoms with E-state index < -0.39 is 23.8 Å². The summed E-state index contributed by atoms with van der Waals surface area (Å²) < 4.78 is 42.8. The lowest BCUT2D eigenvalue weighted by Gasteiger charge is -2.31. The number of rotatable bonds is 3. The van der Waals surface area contributed by atoms with Crippen LogP contribution in [-0.2, 0) is 20.5 Å². The number of carboxylic acids is 1. The SMILES string of the molecule is O=C(O)[C@@H]1CN(C(=O)[C@@H]2C[C@H]2c2ccc(C(F)(F)F)cc2)CCO1. The maximum atomic E-state index is 12.6. The zero-order valence-electron chi connectivity index (χ0n) is 12.6. The number of alkyl halides is 3. The Morgan fingerprint density at radius 1 is 1.21 bits per heavy atom. The molecule has 3 rings (SSSR count). The van der Waals surface area contributed by atoms with Crippen LogP contribution in [0.4, 0.5) is 13.2 Å². The number of ether oxygens (including phenoxy) is 1. The van der Waals surface area contributed by atoms with Crippen LogP contribution in [0.2, 0.25) is 0 Å². The zero-order chi connectivity index (χ0) is 17.5. The molecule has 1 N–H and O–H groups in total. The topological polar surface area (TPSA) is 66.8 Å². The van der Waals surface area contributed by atoms with Crippen molar-refractivity contribution in [1.29, 1.82) is 0 Å². The third-order valence-electron chi connectivity index (χ3n) is 4.43. The van der Waals surface area contributed by atoms with Gasteiger partial charge in [0, 0.05) is 12.5 Å². The van der Waals surface area contributed by atoms with Crippen molar-refractivity contribution in [1.82, 2.24) is 4.90 Å². The summed E-state index contributed by atoms with van der Waals surface area (Å²) in [5.74, 6) is -1.67. The first kappa shape index (κ1) is 16.8. The van der Waals surface area contributed by atoms with Gasteiger partial charge < -0.3 is 14.7 Å². The minimum atomic E-state index is -4.38. The molecule has 1 aliphatic carbocycles. The molecule has 0 bridgehead atoms. The zero-order valence-corrected chi connectivity index (χ0v) is 12.6. The first-order valence-electron chi connectivity index (χ1n) is 7.57. The quantitative estimate of drug-likeness (QED) is 0.913. The maximum Gasteiger partial charge on any atom is 0.416 e. The standard InChI is InChI=1S/C16H16F3NO4/c17-16(18,19)10-3-1-9(2-4-10)11-7-12(11)14(21)20-5-6-24-13(8-20)15(22)23/h1-4,11-13H,5-8H2,(H,22,23)/t11-,12+,13-/m0/s1. The Kier molecular flexibility index (Phi) is 4.25. The lowest BCUT2D eigenvalue weighted by atomic mass is 10.1. The van der Waals surface area contributed by atoms with E-state index >= 15 is 0 Å². The van der Waals surface area contributed by atoms with Gasteiger partial charge in [-0.05, 0) is 30.0 Å².